The average molecular weight is 424 g/mol. The van der Waals surface area contributed by atoms with Gasteiger partial charge in [0.1, 0.15) is 4.90 Å². The maximum atomic E-state index is 12.9. The van der Waals surface area contributed by atoms with Crippen molar-refractivity contribution in [3.63, 3.8) is 0 Å². The summed E-state index contributed by atoms with van der Waals surface area (Å²) in [6.07, 6.45) is 0.797. The van der Waals surface area contributed by atoms with Crippen LogP contribution in [0, 0.1) is 13.8 Å². The van der Waals surface area contributed by atoms with E-state index in [0.29, 0.717) is 12.2 Å². The van der Waals surface area contributed by atoms with Gasteiger partial charge in [-0.05, 0) is 76.3 Å². The molecule has 28 heavy (non-hydrogen) atoms. The Morgan fingerprint density at radius 1 is 1.14 bits per heavy atom. The summed E-state index contributed by atoms with van der Waals surface area (Å²) in [5.74, 6) is -0.335. The van der Waals surface area contributed by atoms with E-state index in [4.69, 9.17) is 11.6 Å². The van der Waals surface area contributed by atoms with Gasteiger partial charge in [0.25, 0.3) is 15.9 Å². The molecule has 152 valence electrons. The molecule has 0 saturated heterocycles. The van der Waals surface area contributed by atoms with Crippen LogP contribution in [0.3, 0.4) is 0 Å². The first-order valence-electron chi connectivity index (χ1n) is 8.93. The SMILES string of the molecule is Cc1cccc(NS(=O)(=O)c2cc(C(=O)NCCCN(C)C)ccc2Cl)c1C. The number of carbonyl (C=O) groups excluding carboxylic acids is 1. The highest BCUT2D eigenvalue weighted by atomic mass is 35.5. The van der Waals surface area contributed by atoms with Crippen LogP contribution < -0.4 is 10.0 Å². The number of nitrogens with zero attached hydrogens (tertiary/aromatic N) is 1. The van der Waals surface area contributed by atoms with E-state index in [1.807, 2.05) is 38.9 Å². The van der Waals surface area contributed by atoms with E-state index >= 15 is 0 Å². The molecule has 1 amide bonds. The minimum atomic E-state index is -3.94. The molecule has 0 aliphatic rings. The highest BCUT2D eigenvalue weighted by Crippen LogP contribution is 2.27. The first-order valence-corrected chi connectivity index (χ1v) is 10.8. The maximum absolute atomic E-state index is 12.9. The van der Waals surface area contributed by atoms with E-state index in [1.165, 1.54) is 18.2 Å². The molecule has 0 heterocycles. The Labute approximate surface area is 171 Å². The number of amides is 1. The Hall–Kier alpha value is -2.09. The second kappa shape index (κ2) is 9.41. The van der Waals surface area contributed by atoms with Crippen LogP contribution in [0.4, 0.5) is 5.69 Å². The third-order valence-electron chi connectivity index (χ3n) is 4.40. The van der Waals surface area contributed by atoms with Crippen molar-refractivity contribution in [1.29, 1.82) is 0 Å². The average Bonchev–Trinajstić information content (AvgIpc) is 2.62. The molecule has 2 aromatic carbocycles. The van der Waals surface area contributed by atoms with Crippen molar-refractivity contribution in [1.82, 2.24) is 10.2 Å². The van der Waals surface area contributed by atoms with Gasteiger partial charge < -0.3 is 10.2 Å². The summed E-state index contributed by atoms with van der Waals surface area (Å²) in [4.78, 5) is 14.3. The largest absolute Gasteiger partial charge is 0.352 e. The smallest absolute Gasteiger partial charge is 0.263 e. The van der Waals surface area contributed by atoms with Gasteiger partial charge in [0.15, 0.2) is 0 Å². The van der Waals surface area contributed by atoms with Crippen molar-refractivity contribution in [3.8, 4) is 0 Å². The van der Waals surface area contributed by atoms with E-state index < -0.39 is 10.0 Å². The molecule has 8 heteroatoms. The lowest BCUT2D eigenvalue weighted by molar-refractivity contribution is 0.0952. The normalized spacial score (nSPS) is 11.5. The van der Waals surface area contributed by atoms with Gasteiger partial charge in [0.05, 0.1) is 10.7 Å². The summed E-state index contributed by atoms with van der Waals surface area (Å²) in [5, 5.41) is 2.85. The third-order valence-corrected chi connectivity index (χ3v) is 6.25. The molecule has 2 rings (SSSR count). The topological polar surface area (TPSA) is 78.5 Å². The summed E-state index contributed by atoms with van der Waals surface area (Å²) < 4.78 is 28.3. The van der Waals surface area contributed by atoms with Crippen LogP contribution >= 0.6 is 11.6 Å². The maximum Gasteiger partial charge on any atom is 0.263 e. The minimum absolute atomic E-state index is 0.0574. The van der Waals surface area contributed by atoms with E-state index in [1.54, 1.807) is 12.1 Å². The van der Waals surface area contributed by atoms with E-state index in [2.05, 4.69) is 10.0 Å². The number of hydrogen-bond acceptors (Lipinski definition) is 4. The Balaban J connectivity index is 2.21. The first kappa shape index (κ1) is 22.2. The molecule has 0 aliphatic carbocycles. The Morgan fingerprint density at radius 3 is 2.54 bits per heavy atom. The fourth-order valence-corrected chi connectivity index (χ4v) is 4.26. The summed E-state index contributed by atoms with van der Waals surface area (Å²) in [6.45, 7) is 5.09. The number of sulfonamides is 1. The molecule has 0 bridgehead atoms. The van der Waals surface area contributed by atoms with Crippen LogP contribution in [-0.4, -0.2) is 46.4 Å². The van der Waals surface area contributed by atoms with Gasteiger partial charge in [-0.25, -0.2) is 8.42 Å². The van der Waals surface area contributed by atoms with Crippen molar-refractivity contribution in [3.05, 3.63) is 58.1 Å². The van der Waals surface area contributed by atoms with Gasteiger partial charge >= 0.3 is 0 Å². The molecular weight excluding hydrogens is 398 g/mol. The molecule has 0 fully saturated rings. The summed E-state index contributed by atoms with van der Waals surface area (Å²) >= 11 is 6.13. The van der Waals surface area contributed by atoms with Crippen LogP contribution in [0.1, 0.15) is 27.9 Å². The standard InChI is InChI=1S/C20H26ClN3O3S/c1-14-7-5-8-18(15(14)2)23-28(26,27)19-13-16(9-10-17(19)21)20(25)22-11-6-12-24(3)4/h5,7-10,13,23H,6,11-12H2,1-4H3,(H,22,25). The molecule has 0 aromatic heterocycles. The van der Waals surface area contributed by atoms with Crippen LogP contribution in [0.2, 0.25) is 5.02 Å². The fraction of sp³-hybridized carbons (Fsp3) is 0.350. The minimum Gasteiger partial charge on any atom is -0.352 e. The number of aryl methyl sites for hydroxylation is 1. The Kier molecular flexibility index (Phi) is 7.46. The molecule has 0 radical (unpaired) electrons. The molecule has 0 aliphatic heterocycles. The number of carbonyl (C=O) groups is 1. The highest BCUT2D eigenvalue weighted by molar-refractivity contribution is 7.92. The van der Waals surface area contributed by atoms with Crippen LogP contribution in [0.5, 0.6) is 0 Å². The number of benzene rings is 2. The van der Waals surface area contributed by atoms with Gasteiger partial charge in [-0.15, -0.1) is 0 Å². The quantitative estimate of drug-likeness (QED) is 0.637. The van der Waals surface area contributed by atoms with E-state index in [0.717, 1.165) is 24.1 Å². The monoisotopic (exact) mass is 423 g/mol. The van der Waals surface area contributed by atoms with Gasteiger partial charge in [-0.2, -0.15) is 0 Å². The molecule has 0 atom stereocenters. The predicted molar refractivity (Wildman–Crippen MR) is 114 cm³/mol. The second-order valence-electron chi connectivity index (χ2n) is 6.91. The number of halogens is 1. The number of anilines is 1. The van der Waals surface area contributed by atoms with Crippen LogP contribution in [0.15, 0.2) is 41.3 Å². The molecule has 2 aromatic rings. The highest BCUT2D eigenvalue weighted by Gasteiger charge is 2.21. The predicted octanol–water partition coefficient (Wildman–Crippen LogP) is 3.44. The zero-order valence-electron chi connectivity index (χ0n) is 16.5. The first-order chi connectivity index (χ1) is 13.1. The third kappa shape index (κ3) is 5.70. The van der Waals surface area contributed by atoms with Crippen molar-refractivity contribution in [2.45, 2.75) is 25.2 Å². The van der Waals surface area contributed by atoms with Crippen molar-refractivity contribution in [2.24, 2.45) is 0 Å². The lowest BCUT2D eigenvalue weighted by Crippen LogP contribution is -2.27. The Morgan fingerprint density at radius 2 is 1.86 bits per heavy atom. The van der Waals surface area contributed by atoms with Crippen LogP contribution in [-0.2, 0) is 10.0 Å². The Bertz CT molecular complexity index is 959. The lowest BCUT2D eigenvalue weighted by Gasteiger charge is -2.14. The fourth-order valence-electron chi connectivity index (χ4n) is 2.61. The van der Waals surface area contributed by atoms with Gasteiger partial charge in [-0.1, -0.05) is 23.7 Å². The molecule has 0 spiro atoms. The molecular formula is C20H26ClN3O3S. The number of rotatable bonds is 8. The second-order valence-corrected chi connectivity index (χ2v) is 8.97. The lowest BCUT2D eigenvalue weighted by atomic mass is 10.1. The van der Waals surface area contributed by atoms with Crippen molar-refractivity contribution in [2.75, 3.05) is 31.9 Å². The van der Waals surface area contributed by atoms with Gasteiger partial charge in [-0.3, -0.25) is 9.52 Å². The van der Waals surface area contributed by atoms with Crippen LogP contribution in [0.25, 0.3) is 0 Å². The molecule has 2 N–H and O–H groups in total. The molecule has 0 saturated carbocycles. The van der Waals surface area contributed by atoms with Gasteiger partial charge in [0, 0.05) is 12.1 Å². The van der Waals surface area contributed by atoms with Gasteiger partial charge in [0.2, 0.25) is 0 Å². The number of hydrogen-bond donors (Lipinski definition) is 2. The van der Waals surface area contributed by atoms with E-state index in [9.17, 15) is 13.2 Å². The summed E-state index contributed by atoms with van der Waals surface area (Å²) in [6, 6.07) is 9.61. The van der Waals surface area contributed by atoms with Crippen molar-refractivity contribution >= 4 is 33.2 Å². The zero-order chi connectivity index (χ0) is 20.9. The zero-order valence-corrected chi connectivity index (χ0v) is 18.1. The van der Waals surface area contributed by atoms with Crippen molar-refractivity contribution < 1.29 is 13.2 Å². The summed E-state index contributed by atoms with van der Waals surface area (Å²) in [5.41, 5.74) is 2.53. The summed E-state index contributed by atoms with van der Waals surface area (Å²) in [7, 11) is -0.0255. The number of nitrogens with one attached hydrogen (secondary N) is 2. The molecule has 6 nitrogen and oxygen atoms in total. The molecule has 0 unspecified atom stereocenters. The van der Waals surface area contributed by atoms with E-state index in [-0.39, 0.29) is 21.4 Å².